The SMILES string of the molecule is CN=C(NCCN(C)CCOC)NCC1C(C)OC(C)(C)N1C(=O)OC(C)(C)C.I. The third-order valence-corrected chi connectivity index (χ3v) is 4.68. The van der Waals surface area contributed by atoms with Crippen molar-refractivity contribution in [2.75, 3.05) is 54.0 Å². The Labute approximate surface area is 199 Å². The van der Waals surface area contributed by atoms with Crippen molar-refractivity contribution >= 4 is 36.0 Å². The van der Waals surface area contributed by atoms with Gasteiger partial charge in [-0.1, -0.05) is 0 Å². The van der Waals surface area contributed by atoms with E-state index in [1.807, 2.05) is 41.5 Å². The standard InChI is InChI=1S/C20H41N5O4.HI/c1-15-16(25(20(5,6)28-15)18(26)29-19(2,3)4)14-23-17(21-7)22-10-11-24(8)12-13-27-9;/h15-16H,10-14H2,1-9H3,(H2,21,22,23);1H. The van der Waals surface area contributed by atoms with Crippen molar-refractivity contribution < 1.29 is 19.0 Å². The van der Waals surface area contributed by atoms with E-state index in [1.165, 1.54) is 0 Å². The van der Waals surface area contributed by atoms with Crippen molar-refractivity contribution in [3.05, 3.63) is 0 Å². The summed E-state index contributed by atoms with van der Waals surface area (Å²) < 4.78 is 16.7. The molecule has 1 heterocycles. The van der Waals surface area contributed by atoms with Crippen LogP contribution in [0.5, 0.6) is 0 Å². The molecule has 2 atom stereocenters. The Hall–Kier alpha value is -0.850. The third kappa shape index (κ3) is 9.52. The summed E-state index contributed by atoms with van der Waals surface area (Å²) in [4.78, 5) is 21.0. The van der Waals surface area contributed by atoms with Gasteiger partial charge in [0.1, 0.15) is 11.3 Å². The van der Waals surface area contributed by atoms with Crippen LogP contribution in [0.2, 0.25) is 0 Å². The van der Waals surface area contributed by atoms with Crippen LogP contribution in [-0.4, -0.2) is 99.3 Å². The van der Waals surface area contributed by atoms with E-state index >= 15 is 0 Å². The molecule has 9 nitrogen and oxygen atoms in total. The van der Waals surface area contributed by atoms with Gasteiger partial charge in [-0.3, -0.25) is 9.89 Å². The largest absolute Gasteiger partial charge is 0.444 e. The number of hydrogen-bond donors (Lipinski definition) is 2. The molecule has 1 aliphatic rings. The number of methoxy groups -OCH3 is 1. The fourth-order valence-electron chi connectivity index (χ4n) is 3.27. The van der Waals surface area contributed by atoms with Crippen LogP contribution in [0.25, 0.3) is 0 Å². The van der Waals surface area contributed by atoms with Crippen LogP contribution in [0.4, 0.5) is 4.79 Å². The number of hydrogen-bond acceptors (Lipinski definition) is 6. The summed E-state index contributed by atoms with van der Waals surface area (Å²) in [7, 11) is 5.48. The zero-order valence-corrected chi connectivity index (χ0v) is 22.4. The normalized spacial score (nSPS) is 21.4. The van der Waals surface area contributed by atoms with Crippen LogP contribution in [0, 0.1) is 0 Å². The van der Waals surface area contributed by atoms with E-state index < -0.39 is 11.3 Å². The van der Waals surface area contributed by atoms with E-state index in [0.717, 1.165) is 19.6 Å². The van der Waals surface area contributed by atoms with Gasteiger partial charge in [0.25, 0.3) is 0 Å². The summed E-state index contributed by atoms with van der Waals surface area (Å²) in [6, 6.07) is -0.178. The first kappa shape index (κ1) is 29.1. The molecule has 30 heavy (non-hydrogen) atoms. The molecule has 0 aromatic carbocycles. The molecule has 0 aliphatic carbocycles. The lowest BCUT2D eigenvalue weighted by Crippen LogP contribution is -2.54. The van der Waals surface area contributed by atoms with E-state index in [2.05, 4.69) is 27.6 Å². The maximum atomic E-state index is 12.8. The molecule has 10 heteroatoms. The molecule has 0 saturated carbocycles. The molecule has 0 bridgehead atoms. The lowest BCUT2D eigenvalue weighted by atomic mass is 10.1. The molecule has 1 fully saturated rings. The number of nitrogens with zero attached hydrogens (tertiary/aromatic N) is 3. The fourth-order valence-corrected chi connectivity index (χ4v) is 3.27. The van der Waals surface area contributed by atoms with Gasteiger partial charge < -0.3 is 29.7 Å². The molecular formula is C20H42IN5O4. The summed E-state index contributed by atoms with van der Waals surface area (Å²) in [6.07, 6.45) is -0.510. The first-order valence-electron chi connectivity index (χ1n) is 10.2. The van der Waals surface area contributed by atoms with Gasteiger partial charge in [-0.05, 0) is 48.6 Å². The van der Waals surface area contributed by atoms with Gasteiger partial charge in [-0.15, -0.1) is 24.0 Å². The molecule has 178 valence electrons. The fraction of sp³-hybridized carbons (Fsp3) is 0.900. The number of aliphatic imine (C=N–C) groups is 1. The van der Waals surface area contributed by atoms with E-state index in [1.54, 1.807) is 19.1 Å². The zero-order chi connectivity index (χ0) is 22.2. The number of guanidine groups is 1. The van der Waals surface area contributed by atoms with Crippen LogP contribution in [0.1, 0.15) is 41.5 Å². The smallest absolute Gasteiger partial charge is 0.412 e. The van der Waals surface area contributed by atoms with Crippen molar-refractivity contribution in [3.8, 4) is 0 Å². The molecule has 0 radical (unpaired) electrons. The molecule has 1 aliphatic heterocycles. The highest BCUT2D eigenvalue weighted by Crippen LogP contribution is 2.33. The Balaban J connectivity index is 0.00000841. The maximum Gasteiger partial charge on any atom is 0.412 e. The van der Waals surface area contributed by atoms with Gasteiger partial charge in [0.2, 0.25) is 0 Å². The molecule has 1 rings (SSSR count). The molecule has 0 spiro atoms. The summed E-state index contributed by atoms with van der Waals surface area (Å²) >= 11 is 0. The number of ether oxygens (including phenoxy) is 3. The van der Waals surface area contributed by atoms with Crippen molar-refractivity contribution in [1.82, 2.24) is 20.4 Å². The predicted octanol–water partition coefficient (Wildman–Crippen LogP) is 2.11. The van der Waals surface area contributed by atoms with E-state index in [0.29, 0.717) is 19.1 Å². The Morgan fingerprint density at radius 2 is 1.90 bits per heavy atom. The number of carbonyl (C=O) groups is 1. The number of likely N-dealkylation sites (N-methyl/N-ethyl adjacent to an activating group) is 1. The van der Waals surface area contributed by atoms with Gasteiger partial charge >= 0.3 is 6.09 Å². The highest BCUT2D eigenvalue weighted by molar-refractivity contribution is 14.0. The molecule has 0 aromatic heterocycles. The lowest BCUT2D eigenvalue weighted by molar-refractivity contribution is -0.0755. The average molecular weight is 543 g/mol. The molecule has 2 N–H and O–H groups in total. The minimum absolute atomic E-state index is 0. The summed E-state index contributed by atoms with van der Waals surface area (Å²) in [5, 5.41) is 6.61. The number of amides is 1. The van der Waals surface area contributed by atoms with Gasteiger partial charge in [-0.25, -0.2) is 4.79 Å². The Bertz CT molecular complexity index is 554. The molecule has 1 saturated heterocycles. The molecule has 0 aromatic rings. The predicted molar refractivity (Wildman–Crippen MR) is 131 cm³/mol. The minimum atomic E-state index is -0.741. The van der Waals surface area contributed by atoms with Crippen LogP contribution >= 0.6 is 24.0 Å². The van der Waals surface area contributed by atoms with Crippen LogP contribution in [0.3, 0.4) is 0 Å². The Kier molecular flexibility index (Phi) is 12.5. The maximum absolute atomic E-state index is 12.8. The molecule has 1 amide bonds. The Morgan fingerprint density at radius 3 is 2.43 bits per heavy atom. The number of halogens is 1. The second-order valence-corrected chi connectivity index (χ2v) is 8.86. The van der Waals surface area contributed by atoms with E-state index in [4.69, 9.17) is 14.2 Å². The van der Waals surface area contributed by atoms with E-state index in [9.17, 15) is 4.79 Å². The number of carbonyl (C=O) groups excluding carboxylic acids is 1. The molecular weight excluding hydrogens is 501 g/mol. The summed E-state index contributed by atoms with van der Waals surface area (Å²) in [5.74, 6) is 0.686. The van der Waals surface area contributed by atoms with Gasteiger partial charge in [-0.2, -0.15) is 0 Å². The second-order valence-electron chi connectivity index (χ2n) is 8.86. The quantitative estimate of drug-likeness (QED) is 0.276. The van der Waals surface area contributed by atoms with Gasteiger partial charge in [0.15, 0.2) is 5.96 Å². The lowest BCUT2D eigenvalue weighted by Gasteiger charge is -2.35. The van der Waals surface area contributed by atoms with Crippen molar-refractivity contribution in [3.63, 3.8) is 0 Å². The van der Waals surface area contributed by atoms with Crippen molar-refractivity contribution in [1.29, 1.82) is 0 Å². The van der Waals surface area contributed by atoms with Crippen LogP contribution < -0.4 is 10.6 Å². The first-order chi connectivity index (χ1) is 13.4. The third-order valence-electron chi connectivity index (χ3n) is 4.68. The summed E-state index contributed by atoms with van der Waals surface area (Å²) in [6.45, 7) is 15.0. The number of nitrogens with one attached hydrogen (secondary N) is 2. The van der Waals surface area contributed by atoms with Crippen molar-refractivity contribution in [2.45, 2.75) is 65.0 Å². The average Bonchev–Trinajstić information content (AvgIpc) is 2.82. The minimum Gasteiger partial charge on any atom is -0.444 e. The van der Waals surface area contributed by atoms with Crippen LogP contribution in [0.15, 0.2) is 4.99 Å². The molecule has 2 unspecified atom stereocenters. The highest BCUT2D eigenvalue weighted by atomic mass is 127. The second kappa shape index (κ2) is 12.9. The first-order valence-corrected chi connectivity index (χ1v) is 10.2. The van der Waals surface area contributed by atoms with Crippen LogP contribution in [-0.2, 0) is 14.2 Å². The van der Waals surface area contributed by atoms with E-state index in [-0.39, 0.29) is 42.2 Å². The highest BCUT2D eigenvalue weighted by Gasteiger charge is 2.49. The monoisotopic (exact) mass is 543 g/mol. The Morgan fingerprint density at radius 1 is 1.27 bits per heavy atom. The zero-order valence-electron chi connectivity index (χ0n) is 20.1. The van der Waals surface area contributed by atoms with Crippen molar-refractivity contribution in [2.24, 2.45) is 4.99 Å². The summed E-state index contributed by atoms with van der Waals surface area (Å²) in [5.41, 5.74) is -1.31. The topological polar surface area (TPSA) is 87.7 Å². The van der Waals surface area contributed by atoms with Gasteiger partial charge in [0.05, 0.1) is 18.8 Å². The van der Waals surface area contributed by atoms with Gasteiger partial charge in [0, 0.05) is 40.3 Å². The number of rotatable bonds is 8.